The van der Waals surface area contributed by atoms with Gasteiger partial charge in [-0.2, -0.15) is 0 Å². The molecular weight excluding hydrogens is 408 g/mol. The second-order valence-corrected chi connectivity index (χ2v) is 7.41. The number of aliphatic imine (C=N–C) groups is 1. The van der Waals surface area contributed by atoms with Gasteiger partial charge in [-0.05, 0) is 18.6 Å². The van der Waals surface area contributed by atoms with Gasteiger partial charge in [0.2, 0.25) is 0 Å². The lowest BCUT2D eigenvalue weighted by molar-refractivity contribution is 0.365. The fourth-order valence-corrected chi connectivity index (χ4v) is 3.94. The highest BCUT2D eigenvalue weighted by Crippen LogP contribution is 2.34. The third kappa shape index (κ3) is 5.49. The summed E-state index contributed by atoms with van der Waals surface area (Å²) in [6.45, 7) is 4.35. The maximum absolute atomic E-state index is 5.56. The topological polar surface area (TPSA) is 67.8 Å². The average Bonchev–Trinajstić information content (AvgIpc) is 2.86. The molecule has 3 rings (SSSR count). The van der Waals surface area contributed by atoms with Crippen LogP contribution >= 0.6 is 0 Å². The van der Waals surface area contributed by atoms with Crippen LogP contribution in [0, 0.1) is 0 Å². The van der Waals surface area contributed by atoms with Crippen LogP contribution in [0.4, 0.5) is 5.69 Å². The summed E-state index contributed by atoms with van der Waals surface area (Å²) in [6, 6.07) is 12.0. The fraction of sp³-hybridized carbons (Fsp3) is 0.458. The molecule has 174 valence electrons. The summed E-state index contributed by atoms with van der Waals surface area (Å²) < 4.78 is 21.8. The molecule has 1 aliphatic heterocycles. The van der Waals surface area contributed by atoms with Crippen LogP contribution in [0.2, 0.25) is 0 Å². The Bertz CT molecular complexity index is 886. The molecule has 0 spiro atoms. The summed E-state index contributed by atoms with van der Waals surface area (Å²) in [7, 11) is 8.47. The number of piperazine rings is 1. The van der Waals surface area contributed by atoms with Crippen LogP contribution in [0.1, 0.15) is 5.56 Å². The molecule has 0 amide bonds. The number of nitrogens with one attached hydrogen (secondary N) is 1. The molecule has 0 unspecified atom stereocenters. The molecule has 0 aromatic heterocycles. The van der Waals surface area contributed by atoms with Gasteiger partial charge in [0, 0.05) is 69.2 Å². The van der Waals surface area contributed by atoms with E-state index in [4.69, 9.17) is 18.9 Å². The van der Waals surface area contributed by atoms with Crippen LogP contribution in [-0.4, -0.2) is 79.1 Å². The molecular formula is C24H34N4O4. The molecule has 2 aromatic carbocycles. The van der Waals surface area contributed by atoms with Crippen LogP contribution in [-0.2, 0) is 6.42 Å². The number of guanidine groups is 1. The van der Waals surface area contributed by atoms with Crippen molar-refractivity contribution in [3.8, 4) is 23.0 Å². The van der Waals surface area contributed by atoms with Gasteiger partial charge in [0.15, 0.2) is 5.96 Å². The zero-order valence-corrected chi connectivity index (χ0v) is 19.7. The Morgan fingerprint density at radius 1 is 0.875 bits per heavy atom. The highest BCUT2D eigenvalue weighted by molar-refractivity contribution is 5.80. The Morgan fingerprint density at radius 3 is 2.09 bits per heavy atom. The Morgan fingerprint density at radius 2 is 1.53 bits per heavy atom. The quantitative estimate of drug-likeness (QED) is 0.498. The van der Waals surface area contributed by atoms with E-state index in [0.29, 0.717) is 12.3 Å². The molecule has 0 radical (unpaired) electrons. The third-order valence-electron chi connectivity index (χ3n) is 5.68. The van der Waals surface area contributed by atoms with Gasteiger partial charge in [-0.25, -0.2) is 0 Å². The summed E-state index contributed by atoms with van der Waals surface area (Å²) in [5.74, 6) is 4.00. The van der Waals surface area contributed by atoms with Crippen molar-refractivity contribution in [2.24, 2.45) is 4.99 Å². The van der Waals surface area contributed by atoms with Crippen molar-refractivity contribution in [2.45, 2.75) is 6.42 Å². The SMILES string of the molecule is CN=C(NCCc1c(OC)cc(OC)cc1OC)N1CCN(c2cccc(OC)c2)CC1. The number of hydrogen-bond donors (Lipinski definition) is 1. The second-order valence-electron chi connectivity index (χ2n) is 7.41. The first kappa shape index (κ1) is 23.4. The zero-order chi connectivity index (χ0) is 22.9. The van der Waals surface area contributed by atoms with Gasteiger partial charge < -0.3 is 34.1 Å². The van der Waals surface area contributed by atoms with E-state index in [9.17, 15) is 0 Å². The molecule has 0 aliphatic carbocycles. The summed E-state index contributed by atoms with van der Waals surface area (Å²) in [6.07, 6.45) is 0.735. The molecule has 32 heavy (non-hydrogen) atoms. The lowest BCUT2D eigenvalue weighted by Gasteiger charge is -2.37. The first-order valence-electron chi connectivity index (χ1n) is 10.8. The van der Waals surface area contributed by atoms with Crippen molar-refractivity contribution in [3.05, 3.63) is 42.0 Å². The summed E-state index contributed by atoms with van der Waals surface area (Å²) in [5.41, 5.74) is 2.19. The smallest absolute Gasteiger partial charge is 0.193 e. The number of ether oxygens (including phenoxy) is 4. The summed E-state index contributed by atoms with van der Waals surface area (Å²) >= 11 is 0. The molecule has 2 aromatic rings. The van der Waals surface area contributed by atoms with Gasteiger partial charge >= 0.3 is 0 Å². The van der Waals surface area contributed by atoms with Gasteiger partial charge in [-0.3, -0.25) is 4.99 Å². The maximum atomic E-state index is 5.56. The first-order valence-corrected chi connectivity index (χ1v) is 10.8. The van der Waals surface area contributed by atoms with E-state index in [1.165, 1.54) is 5.69 Å². The molecule has 1 saturated heterocycles. The normalized spacial score (nSPS) is 14.2. The molecule has 8 heteroatoms. The number of methoxy groups -OCH3 is 4. The van der Waals surface area contributed by atoms with Crippen molar-refractivity contribution in [3.63, 3.8) is 0 Å². The minimum Gasteiger partial charge on any atom is -0.497 e. The Balaban J connectivity index is 1.57. The van der Waals surface area contributed by atoms with Crippen LogP contribution in [0.5, 0.6) is 23.0 Å². The minimum absolute atomic E-state index is 0.708. The van der Waals surface area contributed by atoms with Crippen LogP contribution < -0.4 is 29.2 Å². The van der Waals surface area contributed by atoms with Crippen molar-refractivity contribution >= 4 is 11.6 Å². The van der Waals surface area contributed by atoms with Crippen molar-refractivity contribution in [1.82, 2.24) is 10.2 Å². The molecule has 1 fully saturated rings. The van der Waals surface area contributed by atoms with E-state index in [1.54, 1.807) is 28.4 Å². The van der Waals surface area contributed by atoms with E-state index < -0.39 is 0 Å². The van der Waals surface area contributed by atoms with Gasteiger partial charge in [-0.15, -0.1) is 0 Å². The van der Waals surface area contributed by atoms with Crippen LogP contribution in [0.3, 0.4) is 0 Å². The number of anilines is 1. The molecule has 1 N–H and O–H groups in total. The predicted octanol–water partition coefficient (Wildman–Crippen LogP) is 2.66. The third-order valence-corrected chi connectivity index (χ3v) is 5.68. The number of benzene rings is 2. The Hall–Kier alpha value is -3.29. The largest absolute Gasteiger partial charge is 0.497 e. The van der Waals surface area contributed by atoms with Gasteiger partial charge in [0.25, 0.3) is 0 Å². The highest BCUT2D eigenvalue weighted by atomic mass is 16.5. The molecule has 0 saturated carbocycles. The van der Waals surface area contributed by atoms with E-state index in [-0.39, 0.29) is 0 Å². The van der Waals surface area contributed by atoms with E-state index in [2.05, 4.69) is 32.2 Å². The Kier molecular flexibility index (Phi) is 8.30. The Labute approximate surface area is 190 Å². The molecule has 1 aliphatic rings. The van der Waals surface area contributed by atoms with Gasteiger partial charge in [0.05, 0.1) is 28.4 Å². The highest BCUT2D eigenvalue weighted by Gasteiger charge is 2.20. The average molecular weight is 443 g/mol. The standard InChI is InChI=1S/C24H34N4O4/c1-25-24(26-10-9-21-22(31-4)16-20(30-3)17-23(21)32-5)28-13-11-27(12-14-28)18-7-6-8-19(15-18)29-2/h6-8,15-17H,9-14H2,1-5H3,(H,25,26). The predicted molar refractivity (Wildman–Crippen MR) is 128 cm³/mol. The zero-order valence-electron chi connectivity index (χ0n) is 19.7. The van der Waals surface area contributed by atoms with E-state index in [1.807, 2.05) is 31.3 Å². The van der Waals surface area contributed by atoms with Crippen LogP contribution in [0.15, 0.2) is 41.4 Å². The van der Waals surface area contributed by atoms with Crippen molar-refractivity contribution < 1.29 is 18.9 Å². The molecule has 1 heterocycles. The van der Waals surface area contributed by atoms with Crippen LogP contribution in [0.25, 0.3) is 0 Å². The van der Waals surface area contributed by atoms with E-state index >= 15 is 0 Å². The number of nitrogens with zero attached hydrogens (tertiary/aromatic N) is 3. The lowest BCUT2D eigenvalue weighted by Crippen LogP contribution is -2.52. The molecule has 0 bridgehead atoms. The summed E-state index contributed by atoms with van der Waals surface area (Å²) in [4.78, 5) is 9.16. The number of rotatable bonds is 8. The maximum Gasteiger partial charge on any atom is 0.193 e. The van der Waals surface area contributed by atoms with Crippen molar-refractivity contribution in [2.75, 3.05) is 73.1 Å². The monoisotopic (exact) mass is 442 g/mol. The van der Waals surface area contributed by atoms with Crippen molar-refractivity contribution in [1.29, 1.82) is 0 Å². The first-order chi connectivity index (χ1) is 15.6. The molecule has 0 atom stereocenters. The van der Waals surface area contributed by atoms with Gasteiger partial charge in [0.1, 0.15) is 23.0 Å². The lowest BCUT2D eigenvalue weighted by atomic mass is 10.1. The minimum atomic E-state index is 0.708. The summed E-state index contributed by atoms with van der Waals surface area (Å²) in [5, 5.41) is 3.49. The van der Waals surface area contributed by atoms with Gasteiger partial charge in [-0.1, -0.05) is 6.07 Å². The second kappa shape index (κ2) is 11.4. The molecule has 8 nitrogen and oxygen atoms in total. The van der Waals surface area contributed by atoms with E-state index in [0.717, 1.165) is 61.4 Å². The fourth-order valence-electron chi connectivity index (χ4n) is 3.94. The number of hydrogen-bond acceptors (Lipinski definition) is 6.